The van der Waals surface area contributed by atoms with Crippen LogP contribution in [0.4, 0.5) is 0 Å². The van der Waals surface area contributed by atoms with Crippen LogP contribution >= 0.6 is 11.3 Å². The molecule has 9 aromatic carbocycles. The van der Waals surface area contributed by atoms with Crippen molar-refractivity contribution in [1.82, 2.24) is 9.97 Å². The standard InChI is InChI=1S/C52H32N2S/c1-2-13-33(14-3-1)40-25-11-27-46-47-28-12-26-41(52(47)55-51(40)46)38-19-9-17-36(30-38)34-15-8-16-35(29-34)37-18-10-20-39(31-37)48-32-53-49-44-23-6-4-21-42(44)43-22-5-7-24-45(43)50(49)54-48/h1-32H. The molecule has 11 rings (SSSR count). The van der Waals surface area contributed by atoms with Crippen LogP contribution in [0.5, 0.6) is 0 Å². The van der Waals surface area contributed by atoms with Crippen LogP contribution in [0.25, 0.3) is 109 Å². The Labute approximate surface area is 322 Å². The van der Waals surface area contributed by atoms with Crippen molar-refractivity contribution in [1.29, 1.82) is 0 Å². The maximum Gasteiger partial charge on any atom is 0.0979 e. The smallest absolute Gasteiger partial charge is 0.0979 e. The van der Waals surface area contributed by atoms with E-state index < -0.39 is 0 Å². The third-order valence-corrected chi connectivity index (χ3v) is 12.2. The molecule has 11 aromatic rings. The predicted molar refractivity (Wildman–Crippen MR) is 235 cm³/mol. The van der Waals surface area contributed by atoms with E-state index in [4.69, 9.17) is 9.97 Å². The van der Waals surface area contributed by atoms with Crippen LogP contribution in [0.15, 0.2) is 194 Å². The minimum atomic E-state index is 0.866. The van der Waals surface area contributed by atoms with E-state index in [0.717, 1.165) is 44.2 Å². The lowest BCUT2D eigenvalue weighted by atomic mass is 9.95. The van der Waals surface area contributed by atoms with E-state index in [1.807, 2.05) is 17.5 Å². The summed E-state index contributed by atoms with van der Waals surface area (Å²) in [5.74, 6) is 0. The molecule has 0 radical (unpaired) electrons. The summed E-state index contributed by atoms with van der Waals surface area (Å²) in [6, 6.07) is 67.7. The van der Waals surface area contributed by atoms with Gasteiger partial charge in [-0.05, 0) is 73.5 Å². The van der Waals surface area contributed by atoms with E-state index in [1.54, 1.807) is 0 Å². The maximum absolute atomic E-state index is 5.26. The highest BCUT2D eigenvalue weighted by atomic mass is 32.1. The normalized spacial score (nSPS) is 11.6. The Morgan fingerprint density at radius 2 is 0.727 bits per heavy atom. The Kier molecular flexibility index (Phi) is 7.39. The van der Waals surface area contributed by atoms with Crippen molar-refractivity contribution in [2.75, 3.05) is 0 Å². The van der Waals surface area contributed by atoms with E-state index in [-0.39, 0.29) is 0 Å². The molecule has 2 aromatic heterocycles. The first-order chi connectivity index (χ1) is 27.3. The highest BCUT2D eigenvalue weighted by Gasteiger charge is 2.16. The lowest BCUT2D eigenvalue weighted by Crippen LogP contribution is -1.92. The van der Waals surface area contributed by atoms with Crippen LogP contribution in [-0.4, -0.2) is 9.97 Å². The molecule has 0 aliphatic carbocycles. The quantitative estimate of drug-likeness (QED) is 0.166. The molecule has 3 heteroatoms. The Hall–Kier alpha value is -6.94. The van der Waals surface area contributed by atoms with Crippen molar-refractivity contribution in [3.05, 3.63) is 194 Å². The van der Waals surface area contributed by atoms with Gasteiger partial charge < -0.3 is 0 Å². The van der Waals surface area contributed by atoms with Crippen molar-refractivity contribution in [2.24, 2.45) is 0 Å². The number of hydrogen-bond acceptors (Lipinski definition) is 3. The Balaban J connectivity index is 0.966. The number of benzene rings is 9. The minimum absolute atomic E-state index is 0.866. The number of fused-ring (bicyclic) bond motifs is 9. The maximum atomic E-state index is 5.26. The molecule has 0 fully saturated rings. The molecule has 0 amide bonds. The second kappa shape index (κ2) is 12.9. The largest absolute Gasteiger partial charge is 0.252 e. The van der Waals surface area contributed by atoms with Gasteiger partial charge in [-0.3, -0.25) is 4.98 Å². The molecule has 0 unspecified atom stereocenters. The van der Waals surface area contributed by atoms with Gasteiger partial charge in [0.1, 0.15) is 0 Å². The summed E-state index contributed by atoms with van der Waals surface area (Å²) in [6.45, 7) is 0. The highest BCUT2D eigenvalue weighted by molar-refractivity contribution is 7.26. The number of thiophene rings is 1. The zero-order valence-corrected chi connectivity index (χ0v) is 30.6. The molecule has 0 saturated carbocycles. The summed E-state index contributed by atoms with van der Waals surface area (Å²) in [5, 5.41) is 7.27. The van der Waals surface area contributed by atoms with Crippen molar-refractivity contribution in [2.45, 2.75) is 0 Å². The fraction of sp³-hybridized carbons (Fsp3) is 0. The fourth-order valence-corrected chi connectivity index (χ4v) is 9.63. The summed E-state index contributed by atoms with van der Waals surface area (Å²) in [4.78, 5) is 10.3. The van der Waals surface area contributed by atoms with Gasteiger partial charge in [-0.15, -0.1) is 11.3 Å². The Morgan fingerprint density at radius 1 is 0.309 bits per heavy atom. The average Bonchev–Trinajstić information content (AvgIpc) is 3.66. The lowest BCUT2D eigenvalue weighted by molar-refractivity contribution is 1.31. The zero-order chi connectivity index (χ0) is 36.3. The first-order valence-electron chi connectivity index (χ1n) is 18.6. The molecule has 0 aliphatic heterocycles. The first-order valence-corrected chi connectivity index (χ1v) is 19.5. The van der Waals surface area contributed by atoms with Gasteiger partial charge in [0.25, 0.3) is 0 Å². The molecule has 0 aliphatic rings. The first kappa shape index (κ1) is 31.6. The van der Waals surface area contributed by atoms with Gasteiger partial charge in [0, 0.05) is 36.5 Å². The molecule has 2 heterocycles. The SMILES string of the molecule is c1ccc(-c2cccc3c2sc2c(-c4cccc(-c5cccc(-c6cccc(-c7cnc8c9ccccc9c9ccccc9c8n7)c6)c5)c4)cccc23)cc1. The zero-order valence-electron chi connectivity index (χ0n) is 29.8. The monoisotopic (exact) mass is 716 g/mol. The van der Waals surface area contributed by atoms with Gasteiger partial charge in [-0.1, -0.05) is 170 Å². The van der Waals surface area contributed by atoms with Gasteiger partial charge in [0.15, 0.2) is 0 Å². The Morgan fingerprint density at radius 3 is 1.35 bits per heavy atom. The van der Waals surface area contributed by atoms with E-state index in [2.05, 4.69) is 188 Å². The Bertz CT molecular complexity index is 3230. The molecule has 0 bridgehead atoms. The highest BCUT2D eigenvalue weighted by Crippen LogP contribution is 2.44. The molecular weight excluding hydrogens is 685 g/mol. The second-order valence-electron chi connectivity index (χ2n) is 14.1. The fourth-order valence-electron chi connectivity index (χ4n) is 8.26. The van der Waals surface area contributed by atoms with Crippen LogP contribution < -0.4 is 0 Å². The van der Waals surface area contributed by atoms with E-state index in [1.165, 1.54) is 64.3 Å². The van der Waals surface area contributed by atoms with Crippen molar-refractivity contribution >= 4 is 64.1 Å². The number of rotatable bonds is 5. The van der Waals surface area contributed by atoms with Gasteiger partial charge in [-0.2, -0.15) is 0 Å². The van der Waals surface area contributed by atoms with Crippen LogP contribution in [0.2, 0.25) is 0 Å². The molecule has 256 valence electrons. The van der Waals surface area contributed by atoms with Gasteiger partial charge in [-0.25, -0.2) is 4.98 Å². The molecule has 0 saturated heterocycles. The van der Waals surface area contributed by atoms with Gasteiger partial charge in [0.05, 0.1) is 22.9 Å². The van der Waals surface area contributed by atoms with Crippen LogP contribution in [0, 0.1) is 0 Å². The molecule has 0 spiro atoms. The summed E-state index contributed by atoms with van der Waals surface area (Å²) in [5.41, 5.74) is 13.5. The molecule has 2 nitrogen and oxygen atoms in total. The topological polar surface area (TPSA) is 25.8 Å². The van der Waals surface area contributed by atoms with Crippen LogP contribution in [0.1, 0.15) is 0 Å². The van der Waals surface area contributed by atoms with Gasteiger partial charge >= 0.3 is 0 Å². The summed E-state index contributed by atoms with van der Waals surface area (Å²) >= 11 is 1.90. The number of aromatic nitrogens is 2. The molecule has 0 atom stereocenters. The van der Waals surface area contributed by atoms with Crippen LogP contribution in [-0.2, 0) is 0 Å². The van der Waals surface area contributed by atoms with E-state index >= 15 is 0 Å². The predicted octanol–water partition coefficient (Wildman–Crippen LogP) is 14.6. The third kappa shape index (κ3) is 5.32. The van der Waals surface area contributed by atoms with E-state index in [0.29, 0.717) is 0 Å². The summed E-state index contributed by atoms with van der Waals surface area (Å²) < 4.78 is 2.65. The molecule has 0 N–H and O–H groups in total. The van der Waals surface area contributed by atoms with Crippen molar-refractivity contribution in [3.8, 4) is 55.8 Å². The van der Waals surface area contributed by atoms with E-state index in [9.17, 15) is 0 Å². The minimum Gasteiger partial charge on any atom is -0.252 e. The lowest BCUT2D eigenvalue weighted by Gasteiger charge is -2.11. The number of hydrogen-bond donors (Lipinski definition) is 0. The average molecular weight is 717 g/mol. The molecular formula is C52H32N2S. The summed E-state index contributed by atoms with van der Waals surface area (Å²) in [6.07, 6.45) is 1.92. The molecule has 55 heavy (non-hydrogen) atoms. The number of nitrogens with zero attached hydrogens (tertiary/aromatic N) is 2. The van der Waals surface area contributed by atoms with Crippen LogP contribution in [0.3, 0.4) is 0 Å². The summed E-state index contributed by atoms with van der Waals surface area (Å²) in [7, 11) is 0. The van der Waals surface area contributed by atoms with Crippen molar-refractivity contribution in [3.63, 3.8) is 0 Å². The third-order valence-electron chi connectivity index (χ3n) is 10.9. The van der Waals surface area contributed by atoms with Crippen molar-refractivity contribution < 1.29 is 0 Å². The van der Waals surface area contributed by atoms with Gasteiger partial charge in [0.2, 0.25) is 0 Å². The second-order valence-corrected chi connectivity index (χ2v) is 15.1.